The van der Waals surface area contributed by atoms with Crippen LogP contribution in [0.2, 0.25) is 0 Å². The van der Waals surface area contributed by atoms with Gasteiger partial charge < -0.3 is 10.1 Å². The summed E-state index contributed by atoms with van der Waals surface area (Å²) < 4.78 is 54.5. The van der Waals surface area contributed by atoms with Gasteiger partial charge in [0.05, 0.1) is 10.5 Å². The number of hydrogen-bond acceptors (Lipinski definition) is 5. The third-order valence-electron chi connectivity index (χ3n) is 3.35. The lowest BCUT2D eigenvalue weighted by atomic mass is 10.2. The van der Waals surface area contributed by atoms with Gasteiger partial charge in [0.1, 0.15) is 0 Å². The molecular weight excluding hydrogens is 368 g/mol. The zero-order valence-electron chi connectivity index (χ0n) is 13.8. The molecule has 0 heterocycles. The standard InChI is InChI=1S/C17H15F2NO5S/c1-10(16(21)20-11-7-8-13(18)14(19)9-11)25-17(22)12-5-3-4-6-15(12)26(2,23)24/h3-10H,1-2H3,(H,20,21)/t10-/m1/s1. The smallest absolute Gasteiger partial charge is 0.340 e. The summed E-state index contributed by atoms with van der Waals surface area (Å²) >= 11 is 0. The third kappa shape index (κ3) is 4.63. The summed E-state index contributed by atoms with van der Waals surface area (Å²) in [5, 5.41) is 2.27. The lowest BCUT2D eigenvalue weighted by molar-refractivity contribution is -0.123. The van der Waals surface area contributed by atoms with Crippen molar-refractivity contribution in [1.29, 1.82) is 0 Å². The first-order chi connectivity index (χ1) is 12.1. The number of amides is 1. The Morgan fingerprint density at radius 3 is 2.35 bits per heavy atom. The molecule has 1 atom stereocenters. The summed E-state index contributed by atoms with van der Waals surface area (Å²) in [6.07, 6.45) is -0.360. The molecule has 0 aliphatic rings. The number of benzene rings is 2. The predicted octanol–water partition coefficient (Wildman–Crippen LogP) is 2.55. The lowest BCUT2D eigenvalue weighted by Gasteiger charge is -2.15. The summed E-state index contributed by atoms with van der Waals surface area (Å²) in [5.74, 6) is -4.01. The topological polar surface area (TPSA) is 89.5 Å². The van der Waals surface area contributed by atoms with Gasteiger partial charge in [-0.1, -0.05) is 12.1 Å². The van der Waals surface area contributed by atoms with Crippen LogP contribution in [0.5, 0.6) is 0 Å². The maximum Gasteiger partial charge on any atom is 0.340 e. The molecular formula is C17H15F2NO5S. The highest BCUT2D eigenvalue weighted by Gasteiger charge is 2.24. The minimum Gasteiger partial charge on any atom is -0.449 e. The van der Waals surface area contributed by atoms with Gasteiger partial charge in [-0.3, -0.25) is 4.79 Å². The first-order valence-electron chi connectivity index (χ1n) is 7.35. The van der Waals surface area contributed by atoms with E-state index in [1.807, 2.05) is 0 Å². The van der Waals surface area contributed by atoms with Crippen LogP contribution in [0.3, 0.4) is 0 Å². The molecule has 26 heavy (non-hydrogen) atoms. The number of carbonyl (C=O) groups excluding carboxylic acids is 2. The molecule has 0 aromatic heterocycles. The second-order valence-corrected chi connectivity index (χ2v) is 7.42. The Labute approximate surface area is 148 Å². The largest absolute Gasteiger partial charge is 0.449 e. The molecule has 9 heteroatoms. The Kier molecular flexibility index (Phi) is 5.71. The molecule has 2 aromatic carbocycles. The number of nitrogens with one attached hydrogen (secondary N) is 1. The zero-order valence-corrected chi connectivity index (χ0v) is 14.6. The zero-order chi connectivity index (χ0) is 19.5. The van der Waals surface area contributed by atoms with Crippen LogP contribution < -0.4 is 5.32 Å². The van der Waals surface area contributed by atoms with E-state index < -0.39 is 39.5 Å². The molecule has 0 saturated heterocycles. The first-order valence-corrected chi connectivity index (χ1v) is 9.24. The van der Waals surface area contributed by atoms with E-state index >= 15 is 0 Å². The number of ether oxygens (including phenoxy) is 1. The molecule has 0 aliphatic carbocycles. The van der Waals surface area contributed by atoms with Crippen LogP contribution in [0, 0.1) is 11.6 Å². The summed E-state index contributed by atoms with van der Waals surface area (Å²) in [5.41, 5.74) is -0.226. The van der Waals surface area contributed by atoms with Gasteiger partial charge in [0.15, 0.2) is 27.6 Å². The molecule has 0 saturated carbocycles. The molecule has 0 aliphatic heterocycles. The Morgan fingerprint density at radius 2 is 1.73 bits per heavy atom. The van der Waals surface area contributed by atoms with Gasteiger partial charge in [-0.2, -0.15) is 0 Å². The van der Waals surface area contributed by atoms with Gasteiger partial charge in [-0.25, -0.2) is 22.0 Å². The molecule has 1 amide bonds. The Balaban J connectivity index is 2.12. The molecule has 0 fully saturated rings. The second kappa shape index (κ2) is 7.61. The number of anilines is 1. The van der Waals surface area contributed by atoms with Gasteiger partial charge in [0, 0.05) is 18.0 Å². The monoisotopic (exact) mass is 383 g/mol. The van der Waals surface area contributed by atoms with Gasteiger partial charge in [0.2, 0.25) is 0 Å². The molecule has 0 spiro atoms. The van der Waals surface area contributed by atoms with Crippen LogP contribution in [0.1, 0.15) is 17.3 Å². The summed E-state index contributed by atoms with van der Waals surface area (Å²) in [7, 11) is -3.67. The van der Waals surface area contributed by atoms with Crippen LogP contribution in [0.4, 0.5) is 14.5 Å². The molecule has 0 radical (unpaired) electrons. The number of sulfone groups is 1. The van der Waals surface area contributed by atoms with Crippen LogP contribution in [-0.4, -0.2) is 32.7 Å². The molecule has 6 nitrogen and oxygen atoms in total. The Bertz CT molecular complexity index is 959. The molecule has 1 N–H and O–H groups in total. The molecule has 138 valence electrons. The Morgan fingerprint density at radius 1 is 1.08 bits per heavy atom. The fraction of sp³-hybridized carbons (Fsp3) is 0.176. The van der Waals surface area contributed by atoms with Crippen LogP contribution in [0.25, 0.3) is 0 Å². The van der Waals surface area contributed by atoms with Gasteiger partial charge in [-0.05, 0) is 31.2 Å². The van der Waals surface area contributed by atoms with E-state index in [-0.39, 0.29) is 16.1 Å². The maximum absolute atomic E-state index is 13.1. The van der Waals surface area contributed by atoms with Crippen molar-refractivity contribution >= 4 is 27.4 Å². The number of hydrogen-bond donors (Lipinski definition) is 1. The van der Waals surface area contributed by atoms with Crippen LogP contribution in [-0.2, 0) is 19.4 Å². The quantitative estimate of drug-likeness (QED) is 0.802. The van der Waals surface area contributed by atoms with Gasteiger partial charge in [0.25, 0.3) is 5.91 Å². The summed E-state index contributed by atoms with van der Waals surface area (Å²) in [4.78, 5) is 24.0. The van der Waals surface area contributed by atoms with E-state index in [1.165, 1.54) is 31.2 Å². The minimum absolute atomic E-state index is 0.0201. The van der Waals surface area contributed by atoms with Crippen molar-refractivity contribution in [3.63, 3.8) is 0 Å². The van der Waals surface area contributed by atoms with E-state index in [1.54, 1.807) is 0 Å². The molecule has 0 unspecified atom stereocenters. The van der Waals surface area contributed by atoms with Crippen LogP contribution in [0.15, 0.2) is 47.4 Å². The predicted molar refractivity (Wildman–Crippen MR) is 89.4 cm³/mol. The van der Waals surface area contributed by atoms with Crippen molar-refractivity contribution in [2.24, 2.45) is 0 Å². The van der Waals surface area contributed by atoms with Crippen molar-refractivity contribution < 1.29 is 31.5 Å². The fourth-order valence-corrected chi connectivity index (χ4v) is 2.93. The number of rotatable bonds is 5. The third-order valence-corrected chi connectivity index (χ3v) is 4.50. The maximum atomic E-state index is 13.1. The number of halogens is 2. The highest BCUT2D eigenvalue weighted by Crippen LogP contribution is 2.18. The Hall–Kier alpha value is -2.81. The van der Waals surface area contributed by atoms with E-state index in [0.29, 0.717) is 0 Å². The number of carbonyl (C=O) groups is 2. The van der Waals surface area contributed by atoms with Gasteiger partial charge >= 0.3 is 5.97 Å². The lowest BCUT2D eigenvalue weighted by Crippen LogP contribution is -2.30. The highest BCUT2D eigenvalue weighted by atomic mass is 32.2. The fourth-order valence-electron chi connectivity index (χ4n) is 2.05. The van der Waals surface area contributed by atoms with E-state index in [2.05, 4.69) is 5.32 Å². The molecule has 2 rings (SSSR count). The second-order valence-electron chi connectivity index (χ2n) is 5.43. The SMILES string of the molecule is C[C@@H](OC(=O)c1ccccc1S(C)(=O)=O)C(=O)Nc1ccc(F)c(F)c1. The average molecular weight is 383 g/mol. The molecule has 0 bridgehead atoms. The van der Waals surface area contributed by atoms with E-state index in [0.717, 1.165) is 24.5 Å². The van der Waals surface area contributed by atoms with Crippen molar-refractivity contribution in [3.05, 3.63) is 59.7 Å². The normalized spacial score (nSPS) is 12.3. The van der Waals surface area contributed by atoms with E-state index in [4.69, 9.17) is 4.74 Å². The summed E-state index contributed by atoms with van der Waals surface area (Å²) in [6.45, 7) is 1.26. The van der Waals surface area contributed by atoms with Crippen molar-refractivity contribution in [2.75, 3.05) is 11.6 Å². The summed E-state index contributed by atoms with van der Waals surface area (Å²) in [6, 6.07) is 8.18. The van der Waals surface area contributed by atoms with Crippen molar-refractivity contribution in [3.8, 4) is 0 Å². The van der Waals surface area contributed by atoms with Crippen molar-refractivity contribution in [2.45, 2.75) is 17.9 Å². The molecule has 2 aromatic rings. The average Bonchev–Trinajstić information content (AvgIpc) is 2.57. The minimum atomic E-state index is -3.67. The van der Waals surface area contributed by atoms with Gasteiger partial charge in [-0.15, -0.1) is 0 Å². The number of esters is 1. The highest BCUT2D eigenvalue weighted by molar-refractivity contribution is 7.90. The van der Waals surface area contributed by atoms with Crippen molar-refractivity contribution in [1.82, 2.24) is 0 Å². The van der Waals surface area contributed by atoms with Crippen LogP contribution >= 0.6 is 0 Å². The first kappa shape index (κ1) is 19.5. The van der Waals surface area contributed by atoms with E-state index in [9.17, 15) is 26.8 Å².